The van der Waals surface area contributed by atoms with Crippen LogP contribution in [0.2, 0.25) is 0 Å². The molecule has 0 saturated heterocycles. The predicted molar refractivity (Wildman–Crippen MR) is 45.1 cm³/mol. The van der Waals surface area contributed by atoms with Crippen molar-refractivity contribution in [2.45, 2.75) is 13.5 Å². The smallest absolute Gasteiger partial charge is 0.260 e. The monoisotopic (exact) mass is 173 g/mol. The Morgan fingerprint density at radius 2 is 2.55 bits per heavy atom. The fourth-order valence-electron chi connectivity index (χ4n) is 0.752. The van der Waals surface area contributed by atoms with Crippen molar-refractivity contribution in [3.8, 4) is 0 Å². The molecule has 0 amide bonds. The van der Waals surface area contributed by atoms with E-state index in [4.69, 9.17) is 4.74 Å². The maximum Gasteiger partial charge on any atom is 0.260 e. The summed E-state index contributed by atoms with van der Waals surface area (Å²) in [4.78, 5) is 10.9. The largest absolute Gasteiger partial charge is 0.380 e. The van der Waals surface area contributed by atoms with Crippen molar-refractivity contribution in [3.05, 3.63) is 21.8 Å². The third kappa shape index (κ3) is 2.48. The van der Waals surface area contributed by atoms with Crippen LogP contribution in [0.15, 0.2) is 16.2 Å². The Kier molecular flexibility index (Phi) is 3.32. The van der Waals surface area contributed by atoms with Crippen molar-refractivity contribution < 1.29 is 4.74 Å². The maximum atomic E-state index is 10.9. The van der Waals surface area contributed by atoms with Gasteiger partial charge in [-0.3, -0.25) is 8.75 Å². The number of aromatic nitrogens is 1. The van der Waals surface area contributed by atoms with Crippen molar-refractivity contribution in [2.24, 2.45) is 0 Å². The Bertz CT molecular complexity index is 253. The molecule has 1 aromatic heterocycles. The first kappa shape index (κ1) is 8.49. The lowest BCUT2D eigenvalue weighted by atomic mass is 10.6. The van der Waals surface area contributed by atoms with Gasteiger partial charge in [0.25, 0.3) is 5.56 Å². The molecule has 0 aliphatic carbocycles. The number of hydrogen-bond acceptors (Lipinski definition) is 3. The molecule has 62 valence electrons. The van der Waals surface area contributed by atoms with Gasteiger partial charge in [-0.1, -0.05) is 11.5 Å². The van der Waals surface area contributed by atoms with Crippen LogP contribution in [0, 0.1) is 0 Å². The number of nitrogens with zero attached hydrogens (tertiary/aromatic N) is 1. The second-order valence-corrected chi connectivity index (χ2v) is 2.97. The fourth-order valence-corrected chi connectivity index (χ4v) is 1.42. The molecule has 0 N–H and O–H groups in total. The van der Waals surface area contributed by atoms with E-state index in [0.717, 1.165) is 0 Å². The minimum Gasteiger partial charge on any atom is -0.380 e. The summed E-state index contributed by atoms with van der Waals surface area (Å²) in [5.74, 6) is 0. The van der Waals surface area contributed by atoms with Crippen LogP contribution in [0.5, 0.6) is 0 Å². The van der Waals surface area contributed by atoms with Gasteiger partial charge in [-0.05, 0) is 6.92 Å². The highest BCUT2D eigenvalue weighted by Gasteiger charge is 1.94. The minimum atomic E-state index is 0.0645. The summed E-state index contributed by atoms with van der Waals surface area (Å²) in [5.41, 5.74) is 0.0645. The van der Waals surface area contributed by atoms with Crippen LogP contribution in [0.25, 0.3) is 0 Å². The average Bonchev–Trinajstić information content (AvgIpc) is 2.37. The molecule has 3 nitrogen and oxygen atoms in total. The van der Waals surface area contributed by atoms with Crippen molar-refractivity contribution in [3.63, 3.8) is 0 Å². The summed E-state index contributed by atoms with van der Waals surface area (Å²) in [6, 6.07) is 1.57. The first-order chi connectivity index (χ1) is 5.34. The van der Waals surface area contributed by atoms with Crippen molar-refractivity contribution in [2.75, 3.05) is 13.2 Å². The summed E-state index contributed by atoms with van der Waals surface area (Å²) >= 11 is 1.42. The molecule has 0 aliphatic heterocycles. The van der Waals surface area contributed by atoms with E-state index in [1.807, 2.05) is 6.92 Å². The third-order valence-electron chi connectivity index (χ3n) is 1.29. The zero-order chi connectivity index (χ0) is 8.10. The van der Waals surface area contributed by atoms with Gasteiger partial charge in [-0.2, -0.15) is 0 Å². The lowest BCUT2D eigenvalue weighted by molar-refractivity contribution is 0.140. The lowest BCUT2D eigenvalue weighted by Gasteiger charge is -1.99. The standard InChI is InChI=1S/C7H11NO2S/c1-2-10-5-4-8-7(9)3-6-11-8/h3,6H,2,4-5H2,1H3. The molecule has 4 heteroatoms. The zero-order valence-electron chi connectivity index (χ0n) is 6.45. The summed E-state index contributed by atoms with van der Waals surface area (Å²) in [6.45, 7) is 3.94. The van der Waals surface area contributed by atoms with E-state index in [9.17, 15) is 4.79 Å². The number of rotatable bonds is 4. The van der Waals surface area contributed by atoms with Gasteiger partial charge < -0.3 is 4.74 Å². The molecule has 0 radical (unpaired) electrons. The first-order valence-corrected chi connectivity index (χ1v) is 4.41. The molecule has 0 fully saturated rings. The Balaban J connectivity index is 2.39. The van der Waals surface area contributed by atoms with Crippen LogP contribution >= 0.6 is 11.5 Å². The van der Waals surface area contributed by atoms with Gasteiger partial charge in [0, 0.05) is 18.1 Å². The van der Waals surface area contributed by atoms with E-state index >= 15 is 0 Å². The van der Waals surface area contributed by atoms with Gasteiger partial charge in [0.05, 0.1) is 13.2 Å². The van der Waals surface area contributed by atoms with Gasteiger partial charge in [0.1, 0.15) is 0 Å². The molecule has 0 aliphatic rings. The zero-order valence-corrected chi connectivity index (χ0v) is 7.26. The SMILES string of the molecule is CCOCCn1sccc1=O. The van der Waals surface area contributed by atoms with Crippen molar-refractivity contribution in [1.29, 1.82) is 0 Å². The lowest BCUT2D eigenvalue weighted by Crippen LogP contribution is -2.15. The van der Waals surface area contributed by atoms with Crippen molar-refractivity contribution in [1.82, 2.24) is 3.96 Å². The highest BCUT2D eigenvalue weighted by molar-refractivity contribution is 7.04. The van der Waals surface area contributed by atoms with E-state index in [-0.39, 0.29) is 5.56 Å². The Morgan fingerprint density at radius 3 is 3.09 bits per heavy atom. The van der Waals surface area contributed by atoms with Gasteiger partial charge in [0.2, 0.25) is 0 Å². The molecule has 1 aromatic rings. The highest BCUT2D eigenvalue weighted by atomic mass is 32.1. The fraction of sp³-hybridized carbons (Fsp3) is 0.571. The second-order valence-electron chi connectivity index (χ2n) is 2.05. The van der Waals surface area contributed by atoms with Gasteiger partial charge >= 0.3 is 0 Å². The summed E-state index contributed by atoms with van der Waals surface area (Å²) in [7, 11) is 0. The topological polar surface area (TPSA) is 31.2 Å². The summed E-state index contributed by atoms with van der Waals surface area (Å²) in [6.07, 6.45) is 0. The van der Waals surface area contributed by atoms with Crippen LogP contribution in [-0.2, 0) is 11.3 Å². The first-order valence-electron chi connectivity index (χ1n) is 3.57. The Labute approximate surface area is 69.4 Å². The molecule has 0 atom stereocenters. The van der Waals surface area contributed by atoms with Crippen molar-refractivity contribution >= 4 is 11.5 Å². The van der Waals surface area contributed by atoms with Crippen LogP contribution < -0.4 is 5.56 Å². The molecule has 11 heavy (non-hydrogen) atoms. The van der Waals surface area contributed by atoms with Gasteiger partial charge in [0.15, 0.2) is 0 Å². The molecule has 1 heterocycles. The number of ether oxygens (including phenoxy) is 1. The third-order valence-corrected chi connectivity index (χ3v) is 2.16. The molecule has 0 aromatic carbocycles. The normalized spacial score (nSPS) is 10.3. The highest BCUT2D eigenvalue weighted by Crippen LogP contribution is 1.91. The van der Waals surface area contributed by atoms with E-state index < -0.39 is 0 Å². The van der Waals surface area contributed by atoms with E-state index in [1.165, 1.54) is 11.5 Å². The second kappa shape index (κ2) is 4.31. The summed E-state index contributed by atoms with van der Waals surface area (Å²) < 4.78 is 6.78. The number of hydrogen-bond donors (Lipinski definition) is 0. The molecular weight excluding hydrogens is 162 g/mol. The predicted octanol–water partition coefficient (Wildman–Crippen LogP) is 0.946. The Hall–Kier alpha value is -0.610. The van der Waals surface area contributed by atoms with Crippen LogP contribution in [0.3, 0.4) is 0 Å². The average molecular weight is 173 g/mol. The quantitative estimate of drug-likeness (QED) is 0.635. The summed E-state index contributed by atoms with van der Waals surface area (Å²) in [5, 5.41) is 1.79. The molecule has 0 bridgehead atoms. The maximum absolute atomic E-state index is 10.9. The Morgan fingerprint density at radius 1 is 1.73 bits per heavy atom. The van der Waals surface area contributed by atoms with Gasteiger partial charge in [-0.25, -0.2) is 0 Å². The van der Waals surface area contributed by atoms with Crippen LogP contribution in [0.4, 0.5) is 0 Å². The molecule has 0 saturated carbocycles. The molecular formula is C7H11NO2S. The van der Waals surface area contributed by atoms with E-state index in [0.29, 0.717) is 19.8 Å². The van der Waals surface area contributed by atoms with E-state index in [1.54, 1.807) is 15.4 Å². The van der Waals surface area contributed by atoms with Gasteiger partial charge in [-0.15, -0.1) is 0 Å². The van der Waals surface area contributed by atoms with Crippen LogP contribution in [-0.4, -0.2) is 17.2 Å². The molecule has 1 rings (SSSR count). The van der Waals surface area contributed by atoms with E-state index in [2.05, 4.69) is 0 Å². The minimum absolute atomic E-state index is 0.0645. The van der Waals surface area contributed by atoms with Crippen LogP contribution in [0.1, 0.15) is 6.92 Å². The molecule has 0 spiro atoms. The molecule has 0 unspecified atom stereocenters.